The molecule has 1 aliphatic rings. The number of carbonyl (C=O) groups excluding carboxylic acids is 2. The average Bonchev–Trinajstić information content (AvgIpc) is 3.13. The van der Waals surface area contributed by atoms with Crippen LogP contribution in [0.5, 0.6) is 5.75 Å². The molecule has 0 bridgehead atoms. The van der Waals surface area contributed by atoms with Gasteiger partial charge in [0.1, 0.15) is 5.75 Å². The summed E-state index contributed by atoms with van der Waals surface area (Å²) < 4.78 is 32.4. The summed E-state index contributed by atoms with van der Waals surface area (Å²) in [6.45, 7) is 1.59. The lowest BCUT2D eigenvalue weighted by molar-refractivity contribution is -0.121. The number of ether oxygens (including phenoxy) is 1. The Morgan fingerprint density at radius 1 is 0.909 bits per heavy atom. The first kappa shape index (κ1) is 24.9. The van der Waals surface area contributed by atoms with Crippen LogP contribution in [0.15, 0.2) is 53.4 Å². The number of benzene rings is 2. The van der Waals surface area contributed by atoms with Crippen LogP contribution in [0.4, 0.5) is 0 Å². The van der Waals surface area contributed by atoms with Crippen LogP contribution in [-0.2, 0) is 21.2 Å². The molecule has 1 amide bonds. The second-order valence-electron chi connectivity index (χ2n) is 8.21. The Morgan fingerprint density at radius 3 is 2.15 bits per heavy atom. The van der Waals surface area contributed by atoms with Crippen molar-refractivity contribution in [3.05, 3.63) is 59.7 Å². The van der Waals surface area contributed by atoms with Crippen molar-refractivity contribution in [3.8, 4) is 5.75 Å². The van der Waals surface area contributed by atoms with Crippen LogP contribution in [0.2, 0.25) is 0 Å². The summed E-state index contributed by atoms with van der Waals surface area (Å²) >= 11 is 0. The van der Waals surface area contributed by atoms with Crippen molar-refractivity contribution < 1.29 is 22.7 Å². The molecule has 0 radical (unpaired) electrons. The molecule has 0 spiro atoms. The fourth-order valence-electron chi connectivity index (χ4n) is 3.84. The van der Waals surface area contributed by atoms with Gasteiger partial charge in [0.25, 0.3) is 0 Å². The molecule has 2 aromatic carbocycles. The monoisotopic (exact) mass is 472 g/mol. The minimum atomic E-state index is -3.45. The molecule has 8 heteroatoms. The van der Waals surface area contributed by atoms with Crippen molar-refractivity contribution in [2.75, 3.05) is 26.7 Å². The third-order valence-electron chi connectivity index (χ3n) is 5.85. The number of nitrogens with zero attached hydrogens (tertiary/aromatic N) is 1. The number of amides is 1. The minimum Gasteiger partial charge on any atom is -0.497 e. The fourth-order valence-corrected chi connectivity index (χ4v) is 5.36. The van der Waals surface area contributed by atoms with Crippen LogP contribution < -0.4 is 10.1 Å². The lowest BCUT2D eigenvalue weighted by Gasteiger charge is -2.20. The standard InChI is InChI=1S/C25H32N2O5S/c1-32-22-10-8-21(9-11-22)24(28)14-15-25(29)26-17-16-20-6-12-23(13-7-20)33(30,31)27-18-4-2-3-5-19-27/h6-13H,2-5,14-19H2,1H3,(H,26,29). The van der Waals surface area contributed by atoms with E-state index in [1.54, 1.807) is 59.9 Å². The summed E-state index contributed by atoms with van der Waals surface area (Å²) in [5, 5.41) is 2.82. The van der Waals surface area contributed by atoms with Gasteiger partial charge in [-0.3, -0.25) is 9.59 Å². The van der Waals surface area contributed by atoms with Crippen LogP contribution >= 0.6 is 0 Å². The van der Waals surface area contributed by atoms with E-state index in [1.165, 1.54) is 0 Å². The van der Waals surface area contributed by atoms with E-state index in [0.717, 1.165) is 31.2 Å². The summed E-state index contributed by atoms with van der Waals surface area (Å²) in [4.78, 5) is 24.6. The molecule has 7 nitrogen and oxygen atoms in total. The van der Waals surface area contributed by atoms with E-state index in [9.17, 15) is 18.0 Å². The molecule has 0 saturated carbocycles. The molecule has 178 valence electrons. The van der Waals surface area contributed by atoms with Gasteiger partial charge < -0.3 is 10.1 Å². The first-order chi connectivity index (χ1) is 15.9. The number of nitrogens with one attached hydrogen (secondary N) is 1. The zero-order chi connectivity index (χ0) is 23.7. The van der Waals surface area contributed by atoms with Gasteiger partial charge in [0.05, 0.1) is 12.0 Å². The summed E-state index contributed by atoms with van der Waals surface area (Å²) in [6, 6.07) is 13.7. The van der Waals surface area contributed by atoms with Gasteiger partial charge in [0, 0.05) is 38.0 Å². The van der Waals surface area contributed by atoms with Crippen LogP contribution in [0, 0.1) is 0 Å². The zero-order valence-electron chi connectivity index (χ0n) is 19.1. The highest BCUT2D eigenvalue weighted by molar-refractivity contribution is 7.89. The number of sulfonamides is 1. The fraction of sp³-hybridized carbons (Fsp3) is 0.440. The highest BCUT2D eigenvalue weighted by Gasteiger charge is 2.24. The van der Waals surface area contributed by atoms with Crippen molar-refractivity contribution >= 4 is 21.7 Å². The first-order valence-corrected chi connectivity index (χ1v) is 12.9. The Morgan fingerprint density at radius 2 is 1.55 bits per heavy atom. The number of methoxy groups -OCH3 is 1. The molecule has 1 fully saturated rings. The summed E-state index contributed by atoms with van der Waals surface area (Å²) in [5.74, 6) is 0.406. The Labute approximate surface area is 196 Å². The Bertz CT molecular complexity index is 1030. The highest BCUT2D eigenvalue weighted by atomic mass is 32.2. The first-order valence-electron chi connectivity index (χ1n) is 11.4. The topological polar surface area (TPSA) is 92.8 Å². The number of hydrogen-bond donors (Lipinski definition) is 1. The molecule has 2 aromatic rings. The quantitative estimate of drug-likeness (QED) is 0.534. The van der Waals surface area contributed by atoms with Gasteiger partial charge in [0.15, 0.2) is 5.78 Å². The molecule has 33 heavy (non-hydrogen) atoms. The van der Waals surface area contributed by atoms with Crippen molar-refractivity contribution in [2.45, 2.75) is 49.8 Å². The molecule has 0 unspecified atom stereocenters. The lowest BCUT2D eigenvalue weighted by atomic mass is 10.1. The minimum absolute atomic E-state index is 0.0889. The van der Waals surface area contributed by atoms with E-state index in [4.69, 9.17) is 4.74 Å². The largest absolute Gasteiger partial charge is 0.497 e. The predicted molar refractivity (Wildman–Crippen MR) is 127 cm³/mol. The number of rotatable bonds is 10. The molecule has 0 aromatic heterocycles. The van der Waals surface area contributed by atoms with Gasteiger partial charge in [-0.25, -0.2) is 8.42 Å². The highest BCUT2D eigenvalue weighted by Crippen LogP contribution is 2.21. The molecule has 3 rings (SSSR count). The maximum atomic E-state index is 12.9. The van der Waals surface area contributed by atoms with E-state index in [-0.39, 0.29) is 24.5 Å². The molecule has 1 saturated heterocycles. The van der Waals surface area contributed by atoms with Gasteiger partial charge in [0.2, 0.25) is 15.9 Å². The van der Waals surface area contributed by atoms with Gasteiger partial charge >= 0.3 is 0 Å². The van der Waals surface area contributed by atoms with E-state index in [0.29, 0.717) is 42.3 Å². The molecular formula is C25H32N2O5S. The molecule has 1 heterocycles. The van der Waals surface area contributed by atoms with Crippen molar-refractivity contribution in [1.29, 1.82) is 0 Å². The second kappa shape index (κ2) is 12.0. The Balaban J connectivity index is 1.42. The van der Waals surface area contributed by atoms with Crippen molar-refractivity contribution in [3.63, 3.8) is 0 Å². The van der Waals surface area contributed by atoms with Crippen LogP contribution in [-0.4, -0.2) is 51.2 Å². The predicted octanol–water partition coefficient (Wildman–Crippen LogP) is 3.58. The van der Waals surface area contributed by atoms with E-state index in [1.807, 2.05) is 0 Å². The van der Waals surface area contributed by atoms with Crippen LogP contribution in [0.1, 0.15) is 54.4 Å². The molecule has 1 aliphatic heterocycles. The summed E-state index contributed by atoms with van der Waals surface area (Å²) in [6.07, 6.45) is 4.81. The van der Waals surface area contributed by atoms with Gasteiger partial charge in [-0.2, -0.15) is 4.31 Å². The number of Topliss-reactive ketones (excluding diaryl/α,β-unsaturated/α-hetero) is 1. The lowest BCUT2D eigenvalue weighted by Crippen LogP contribution is -2.31. The molecule has 0 atom stereocenters. The average molecular weight is 473 g/mol. The number of carbonyl (C=O) groups is 2. The number of hydrogen-bond acceptors (Lipinski definition) is 5. The van der Waals surface area contributed by atoms with Gasteiger partial charge in [-0.1, -0.05) is 25.0 Å². The Kier molecular flexibility index (Phi) is 9.03. The van der Waals surface area contributed by atoms with Gasteiger partial charge in [-0.15, -0.1) is 0 Å². The maximum absolute atomic E-state index is 12.9. The molecule has 1 N–H and O–H groups in total. The molecule has 0 aliphatic carbocycles. The van der Waals surface area contributed by atoms with Crippen molar-refractivity contribution in [2.24, 2.45) is 0 Å². The smallest absolute Gasteiger partial charge is 0.243 e. The zero-order valence-corrected chi connectivity index (χ0v) is 19.9. The summed E-state index contributed by atoms with van der Waals surface area (Å²) in [5.41, 5.74) is 1.50. The van der Waals surface area contributed by atoms with Gasteiger partial charge in [-0.05, 0) is 61.2 Å². The van der Waals surface area contributed by atoms with E-state index < -0.39 is 10.0 Å². The van der Waals surface area contributed by atoms with Crippen LogP contribution in [0.25, 0.3) is 0 Å². The third kappa shape index (κ3) is 7.14. The van der Waals surface area contributed by atoms with E-state index >= 15 is 0 Å². The third-order valence-corrected chi connectivity index (χ3v) is 7.77. The number of ketones is 1. The maximum Gasteiger partial charge on any atom is 0.243 e. The Hall–Kier alpha value is -2.71. The normalized spacial score (nSPS) is 14.9. The van der Waals surface area contributed by atoms with E-state index in [2.05, 4.69) is 5.32 Å². The summed E-state index contributed by atoms with van der Waals surface area (Å²) in [7, 11) is -1.89. The van der Waals surface area contributed by atoms with Crippen LogP contribution in [0.3, 0.4) is 0 Å². The second-order valence-corrected chi connectivity index (χ2v) is 10.2. The van der Waals surface area contributed by atoms with Crippen molar-refractivity contribution in [1.82, 2.24) is 9.62 Å². The SMILES string of the molecule is COc1ccc(C(=O)CCC(=O)NCCc2ccc(S(=O)(=O)N3CCCCCC3)cc2)cc1. The molecular weight excluding hydrogens is 440 g/mol.